The van der Waals surface area contributed by atoms with Gasteiger partial charge in [0.15, 0.2) is 0 Å². The smallest absolute Gasteiger partial charge is 0.225 e. The number of rotatable bonds is 3. The zero-order valence-electron chi connectivity index (χ0n) is 13.3. The van der Waals surface area contributed by atoms with Gasteiger partial charge in [-0.15, -0.1) is 0 Å². The first-order valence-corrected chi connectivity index (χ1v) is 8.21. The Kier molecular flexibility index (Phi) is 4.40. The normalized spacial score (nSPS) is 23.4. The lowest BCUT2D eigenvalue weighted by molar-refractivity contribution is 0.201. The zero-order valence-corrected chi connectivity index (χ0v) is 13.3. The monoisotopic (exact) mass is 289 g/mol. The fourth-order valence-corrected chi connectivity index (χ4v) is 3.36. The molecule has 1 fully saturated rings. The molecule has 1 aromatic heterocycles. The minimum Gasteiger partial charge on any atom is -0.340 e. The molecule has 1 atom stereocenters. The first-order valence-electron chi connectivity index (χ1n) is 8.21. The van der Waals surface area contributed by atoms with Crippen molar-refractivity contribution in [3.8, 4) is 0 Å². The molecule has 2 N–H and O–H groups in total. The quantitative estimate of drug-likeness (QED) is 0.912. The highest BCUT2D eigenvalue weighted by atomic mass is 15.3. The molecule has 0 amide bonds. The number of piperidine rings is 1. The molecule has 2 aliphatic rings. The molecule has 0 aliphatic carbocycles. The number of aromatic nitrogens is 2. The minimum absolute atomic E-state index is 0.588. The van der Waals surface area contributed by atoms with Gasteiger partial charge in [-0.25, -0.2) is 9.97 Å². The lowest BCUT2D eigenvalue weighted by Gasteiger charge is -2.34. The van der Waals surface area contributed by atoms with E-state index in [1.54, 1.807) is 0 Å². The highest BCUT2D eigenvalue weighted by Gasteiger charge is 2.24. The molecule has 5 heteroatoms. The molecule has 1 unspecified atom stereocenters. The van der Waals surface area contributed by atoms with Gasteiger partial charge in [0.2, 0.25) is 5.95 Å². The molecule has 2 aliphatic heterocycles. The van der Waals surface area contributed by atoms with Gasteiger partial charge in [-0.2, -0.15) is 0 Å². The summed E-state index contributed by atoms with van der Waals surface area (Å²) in [5.41, 5.74) is 8.36. The van der Waals surface area contributed by atoms with Gasteiger partial charge in [0.1, 0.15) is 0 Å². The summed E-state index contributed by atoms with van der Waals surface area (Å²) in [5.74, 6) is 1.50. The van der Waals surface area contributed by atoms with Crippen molar-refractivity contribution in [2.24, 2.45) is 11.7 Å². The maximum absolute atomic E-state index is 5.82. The molecule has 0 spiro atoms. The van der Waals surface area contributed by atoms with Gasteiger partial charge >= 0.3 is 0 Å². The molecule has 0 aromatic carbocycles. The Morgan fingerprint density at radius 2 is 2.24 bits per heavy atom. The SMILES string of the molecule is CC(C)N1CCc2nc(N3CCCC(CN)C3)ncc2C1. The standard InChI is InChI=1S/C16H27N5/c1-12(2)20-7-5-15-14(11-20)9-18-16(19-15)21-6-3-4-13(8-17)10-21/h9,12-13H,3-8,10-11,17H2,1-2H3. The van der Waals surface area contributed by atoms with Crippen molar-refractivity contribution in [3.05, 3.63) is 17.5 Å². The third kappa shape index (κ3) is 3.19. The van der Waals surface area contributed by atoms with Crippen molar-refractivity contribution in [1.29, 1.82) is 0 Å². The second-order valence-corrected chi connectivity index (χ2v) is 6.65. The van der Waals surface area contributed by atoms with Crippen LogP contribution >= 0.6 is 0 Å². The van der Waals surface area contributed by atoms with Gasteiger partial charge in [0.05, 0.1) is 5.69 Å². The van der Waals surface area contributed by atoms with Gasteiger partial charge in [0, 0.05) is 50.4 Å². The van der Waals surface area contributed by atoms with Gasteiger partial charge in [-0.1, -0.05) is 0 Å². The predicted octanol–water partition coefficient (Wildman–Crippen LogP) is 1.42. The average molecular weight is 289 g/mol. The van der Waals surface area contributed by atoms with Crippen molar-refractivity contribution in [2.45, 2.75) is 45.7 Å². The average Bonchev–Trinajstić information content (AvgIpc) is 2.53. The molecule has 3 rings (SSSR count). The molecule has 1 aromatic rings. The zero-order chi connectivity index (χ0) is 14.8. The Hall–Kier alpha value is -1.20. The van der Waals surface area contributed by atoms with E-state index in [9.17, 15) is 0 Å². The number of nitrogens with two attached hydrogens (primary N) is 1. The molecule has 116 valence electrons. The molecule has 21 heavy (non-hydrogen) atoms. The molecule has 3 heterocycles. The molecular formula is C16H27N5. The molecule has 0 radical (unpaired) electrons. The maximum atomic E-state index is 5.82. The molecule has 5 nitrogen and oxygen atoms in total. The van der Waals surface area contributed by atoms with E-state index < -0.39 is 0 Å². The largest absolute Gasteiger partial charge is 0.340 e. The van der Waals surface area contributed by atoms with Gasteiger partial charge in [-0.05, 0) is 39.2 Å². The van der Waals surface area contributed by atoms with Crippen LogP contribution in [0.2, 0.25) is 0 Å². The maximum Gasteiger partial charge on any atom is 0.225 e. The van der Waals surface area contributed by atoms with Gasteiger partial charge in [0.25, 0.3) is 0 Å². The molecule has 0 bridgehead atoms. The third-order valence-electron chi connectivity index (χ3n) is 4.82. The number of nitrogens with zero attached hydrogens (tertiary/aromatic N) is 4. The van der Waals surface area contributed by atoms with E-state index in [4.69, 9.17) is 10.7 Å². The van der Waals surface area contributed by atoms with E-state index >= 15 is 0 Å². The fourth-order valence-electron chi connectivity index (χ4n) is 3.36. The topological polar surface area (TPSA) is 58.3 Å². The van der Waals surface area contributed by atoms with Gasteiger partial charge < -0.3 is 10.6 Å². The first kappa shape index (κ1) is 14.7. The summed E-state index contributed by atoms with van der Waals surface area (Å²) in [6.07, 6.45) is 5.51. The van der Waals surface area contributed by atoms with Crippen LogP contribution in [0.1, 0.15) is 37.9 Å². The van der Waals surface area contributed by atoms with E-state index in [2.05, 4.69) is 28.6 Å². The van der Waals surface area contributed by atoms with Crippen LogP contribution in [0.4, 0.5) is 5.95 Å². The lowest BCUT2D eigenvalue weighted by Crippen LogP contribution is -2.40. The van der Waals surface area contributed by atoms with Crippen LogP contribution in [0.5, 0.6) is 0 Å². The summed E-state index contributed by atoms with van der Waals surface area (Å²) >= 11 is 0. The number of anilines is 1. The van der Waals surface area contributed by atoms with Crippen LogP contribution in [0.3, 0.4) is 0 Å². The Bertz CT molecular complexity index is 488. The highest BCUT2D eigenvalue weighted by Crippen LogP contribution is 2.23. The van der Waals surface area contributed by atoms with Crippen molar-refractivity contribution < 1.29 is 0 Å². The summed E-state index contributed by atoms with van der Waals surface area (Å²) in [7, 11) is 0. The van der Waals surface area contributed by atoms with Crippen LogP contribution < -0.4 is 10.6 Å². The molecular weight excluding hydrogens is 262 g/mol. The summed E-state index contributed by atoms with van der Waals surface area (Å²) in [4.78, 5) is 14.3. The van der Waals surface area contributed by atoms with E-state index in [-0.39, 0.29) is 0 Å². The predicted molar refractivity (Wildman–Crippen MR) is 85.3 cm³/mol. The lowest BCUT2D eigenvalue weighted by atomic mass is 9.98. The van der Waals surface area contributed by atoms with Crippen LogP contribution in [0.25, 0.3) is 0 Å². The Balaban J connectivity index is 1.74. The number of hydrogen-bond donors (Lipinski definition) is 1. The van der Waals surface area contributed by atoms with Crippen LogP contribution in [-0.4, -0.2) is 47.1 Å². The van der Waals surface area contributed by atoms with Crippen LogP contribution in [0.15, 0.2) is 6.20 Å². The minimum atomic E-state index is 0.588. The third-order valence-corrected chi connectivity index (χ3v) is 4.82. The van der Waals surface area contributed by atoms with Gasteiger partial charge in [-0.3, -0.25) is 4.90 Å². The van der Waals surface area contributed by atoms with Crippen molar-refractivity contribution in [3.63, 3.8) is 0 Å². The summed E-state index contributed by atoms with van der Waals surface area (Å²) in [6, 6.07) is 0.588. The van der Waals surface area contributed by atoms with Crippen LogP contribution in [0, 0.1) is 5.92 Å². The summed E-state index contributed by atoms with van der Waals surface area (Å²) in [6.45, 7) is 9.43. The second kappa shape index (κ2) is 6.28. The van der Waals surface area contributed by atoms with E-state index in [1.807, 2.05) is 6.20 Å². The number of fused-ring (bicyclic) bond motifs is 1. The Morgan fingerprint density at radius 1 is 1.38 bits per heavy atom. The Labute approximate surface area is 127 Å². The first-order chi connectivity index (χ1) is 10.2. The summed E-state index contributed by atoms with van der Waals surface area (Å²) in [5, 5.41) is 0. The van der Waals surface area contributed by atoms with E-state index in [0.29, 0.717) is 12.0 Å². The summed E-state index contributed by atoms with van der Waals surface area (Å²) < 4.78 is 0. The van der Waals surface area contributed by atoms with Crippen molar-refractivity contribution in [1.82, 2.24) is 14.9 Å². The van der Waals surface area contributed by atoms with Crippen molar-refractivity contribution >= 4 is 5.95 Å². The highest BCUT2D eigenvalue weighted by molar-refractivity contribution is 5.35. The molecule has 0 saturated carbocycles. The van der Waals surface area contributed by atoms with Crippen molar-refractivity contribution in [2.75, 3.05) is 31.1 Å². The molecule has 1 saturated heterocycles. The van der Waals surface area contributed by atoms with E-state index in [0.717, 1.165) is 45.1 Å². The fraction of sp³-hybridized carbons (Fsp3) is 0.750. The van der Waals surface area contributed by atoms with Crippen LogP contribution in [-0.2, 0) is 13.0 Å². The van der Waals surface area contributed by atoms with E-state index in [1.165, 1.54) is 24.1 Å². The Morgan fingerprint density at radius 3 is 3.00 bits per heavy atom. The number of hydrogen-bond acceptors (Lipinski definition) is 5. The second-order valence-electron chi connectivity index (χ2n) is 6.65.